The molecule has 0 spiro atoms. The van der Waals surface area contributed by atoms with E-state index in [4.69, 9.17) is 9.47 Å². The first-order valence-corrected chi connectivity index (χ1v) is 9.55. The number of piperidine rings is 1. The highest BCUT2D eigenvalue weighted by atomic mass is 19.1. The van der Waals surface area contributed by atoms with Crippen LogP contribution in [0.4, 0.5) is 9.18 Å². The fraction of sp³-hybridized carbons (Fsp3) is 0.409. The van der Waals surface area contributed by atoms with Crippen LogP contribution in [0.5, 0.6) is 5.75 Å². The van der Waals surface area contributed by atoms with E-state index in [2.05, 4.69) is 0 Å². The Kier molecular flexibility index (Phi) is 4.98. The zero-order valence-electron chi connectivity index (χ0n) is 15.8. The smallest absolute Gasteiger partial charge is 0.410 e. The average molecular weight is 385 g/mol. The van der Waals surface area contributed by atoms with Crippen LogP contribution in [0.1, 0.15) is 36.8 Å². The van der Waals surface area contributed by atoms with Gasteiger partial charge >= 0.3 is 6.09 Å². The van der Waals surface area contributed by atoms with E-state index >= 15 is 0 Å². The van der Waals surface area contributed by atoms with Gasteiger partial charge in [-0.25, -0.2) is 9.18 Å². The van der Waals surface area contributed by atoms with Crippen LogP contribution in [-0.4, -0.2) is 35.3 Å². The summed E-state index contributed by atoms with van der Waals surface area (Å²) in [6.45, 7) is 0.223. The van der Waals surface area contributed by atoms with E-state index in [9.17, 15) is 14.3 Å². The monoisotopic (exact) mass is 385 g/mol. The number of halogens is 1. The van der Waals surface area contributed by atoms with Crippen LogP contribution >= 0.6 is 0 Å². The Morgan fingerprint density at radius 1 is 1.18 bits per heavy atom. The molecule has 4 rings (SSSR count). The maximum absolute atomic E-state index is 13.9. The Hall–Kier alpha value is -2.60. The molecule has 2 heterocycles. The zero-order valence-corrected chi connectivity index (χ0v) is 15.8. The number of hydrogen-bond acceptors (Lipinski definition) is 4. The molecule has 1 amide bonds. The normalized spacial score (nSPS) is 26.2. The molecular formula is C22H24FNO4. The molecule has 2 unspecified atom stereocenters. The zero-order chi connectivity index (χ0) is 19.7. The van der Waals surface area contributed by atoms with Crippen LogP contribution in [0, 0.1) is 5.82 Å². The molecule has 0 aliphatic carbocycles. The van der Waals surface area contributed by atoms with Crippen LogP contribution in [0.15, 0.2) is 48.5 Å². The summed E-state index contributed by atoms with van der Waals surface area (Å²) in [5.41, 5.74) is 0.249. The summed E-state index contributed by atoms with van der Waals surface area (Å²) in [5, 5.41) is 11.3. The van der Waals surface area contributed by atoms with Crippen LogP contribution in [-0.2, 0) is 16.9 Å². The number of hydrogen-bond donors (Lipinski definition) is 1. The van der Waals surface area contributed by atoms with Gasteiger partial charge < -0.3 is 19.5 Å². The number of fused-ring (bicyclic) bond motifs is 2. The first kappa shape index (κ1) is 18.7. The Balaban J connectivity index is 1.48. The Morgan fingerprint density at radius 2 is 1.86 bits per heavy atom. The number of aliphatic hydroxyl groups is 1. The van der Waals surface area contributed by atoms with Crippen molar-refractivity contribution in [2.45, 2.75) is 50.0 Å². The van der Waals surface area contributed by atoms with Gasteiger partial charge in [0, 0.05) is 31.0 Å². The minimum absolute atomic E-state index is 0.124. The fourth-order valence-corrected chi connectivity index (χ4v) is 4.50. The number of methoxy groups -OCH3 is 1. The third-order valence-electron chi connectivity index (χ3n) is 5.83. The van der Waals surface area contributed by atoms with Crippen molar-refractivity contribution in [2.24, 2.45) is 0 Å². The number of nitrogens with zero attached hydrogens (tertiary/aromatic N) is 1. The molecule has 2 aliphatic heterocycles. The van der Waals surface area contributed by atoms with Gasteiger partial charge in [-0.3, -0.25) is 0 Å². The molecule has 1 N–H and O–H groups in total. The summed E-state index contributed by atoms with van der Waals surface area (Å²) in [6.07, 6.45) is 1.97. The molecule has 148 valence electrons. The van der Waals surface area contributed by atoms with E-state index in [1.54, 1.807) is 11.0 Å². The Labute approximate surface area is 163 Å². The van der Waals surface area contributed by atoms with Gasteiger partial charge in [-0.1, -0.05) is 30.3 Å². The number of amides is 1. The highest BCUT2D eigenvalue weighted by Gasteiger charge is 2.50. The number of carbonyl (C=O) groups is 1. The first-order chi connectivity index (χ1) is 13.5. The quantitative estimate of drug-likeness (QED) is 0.865. The highest BCUT2D eigenvalue weighted by Crippen LogP contribution is 2.46. The third kappa shape index (κ3) is 3.56. The predicted octanol–water partition coefficient (Wildman–Crippen LogP) is 3.99. The summed E-state index contributed by atoms with van der Waals surface area (Å²) < 4.78 is 24.6. The maximum Gasteiger partial charge on any atom is 0.410 e. The molecule has 2 aliphatic rings. The van der Waals surface area contributed by atoms with Gasteiger partial charge in [0.2, 0.25) is 0 Å². The van der Waals surface area contributed by atoms with Gasteiger partial charge in [-0.2, -0.15) is 0 Å². The van der Waals surface area contributed by atoms with Gasteiger partial charge in [0.25, 0.3) is 0 Å². The highest BCUT2D eigenvalue weighted by molar-refractivity contribution is 5.69. The summed E-state index contributed by atoms with van der Waals surface area (Å²) in [6, 6.07) is 13.6. The molecule has 2 aromatic carbocycles. The van der Waals surface area contributed by atoms with Crippen LogP contribution in [0.3, 0.4) is 0 Å². The molecule has 2 aromatic rings. The van der Waals surface area contributed by atoms with Crippen molar-refractivity contribution >= 4 is 6.09 Å². The summed E-state index contributed by atoms with van der Waals surface area (Å²) >= 11 is 0. The lowest BCUT2D eigenvalue weighted by atomic mass is 9.80. The summed E-state index contributed by atoms with van der Waals surface area (Å²) in [7, 11) is 1.47. The van der Waals surface area contributed by atoms with Crippen molar-refractivity contribution in [3.8, 4) is 5.75 Å². The molecule has 0 saturated carbocycles. The first-order valence-electron chi connectivity index (χ1n) is 9.55. The van der Waals surface area contributed by atoms with E-state index in [0.29, 0.717) is 24.2 Å². The van der Waals surface area contributed by atoms with Crippen LogP contribution in [0.25, 0.3) is 0 Å². The van der Waals surface area contributed by atoms with Crippen molar-refractivity contribution in [3.05, 3.63) is 65.5 Å². The van der Waals surface area contributed by atoms with Gasteiger partial charge in [0.15, 0.2) is 0 Å². The minimum Gasteiger partial charge on any atom is -0.497 e. The third-order valence-corrected chi connectivity index (χ3v) is 5.83. The number of carbonyl (C=O) groups excluding carboxylic acids is 1. The molecule has 2 bridgehead atoms. The standard InChI is InChI=1S/C22H24FNO4/c1-27-20-10-16(9-17(23)11-20)22(26)12-18-7-8-19(13-22)24(18)21(25)28-14-15-5-3-2-4-6-15/h2-6,9-11,18-19,26H,7-8,12-14H2,1H3. The van der Waals surface area contributed by atoms with Gasteiger partial charge in [-0.15, -0.1) is 0 Å². The molecule has 2 fully saturated rings. The van der Waals surface area contributed by atoms with Gasteiger partial charge in [-0.05, 0) is 36.1 Å². The molecule has 0 aromatic heterocycles. The van der Waals surface area contributed by atoms with Crippen molar-refractivity contribution in [1.29, 1.82) is 0 Å². The minimum atomic E-state index is -1.18. The van der Waals surface area contributed by atoms with E-state index in [0.717, 1.165) is 18.4 Å². The number of rotatable bonds is 4. The second kappa shape index (κ2) is 7.43. The molecular weight excluding hydrogens is 361 g/mol. The molecule has 2 atom stereocenters. The number of benzene rings is 2. The summed E-state index contributed by atoms with van der Waals surface area (Å²) in [4.78, 5) is 14.4. The topological polar surface area (TPSA) is 59.0 Å². The van der Waals surface area contributed by atoms with Gasteiger partial charge in [0.1, 0.15) is 18.2 Å². The molecule has 0 radical (unpaired) electrons. The van der Waals surface area contributed by atoms with Crippen LogP contribution in [0.2, 0.25) is 0 Å². The van der Waals surface area contributed by atoms with Crippen LogP contribution < -0.4 is 4.74 Å². The SMILES string of the molecule is COc1cc(F)cc(C2(O)CC3CCC(C2)N3C(=O)OCc2ccccc2)c1. The Morgan fingerprint density at radius 3 is 2.50 bits per heavy atom. The summed E-state index contributed by atoms with van der Waals surface area (Å²) in [5.74, 6) is -0.0692. The molecule has 28 heavy (non-hydrogen) atoms. The molecule has 6 heteroatoms. The fourth-order valence-electron chi connectivity index (χ4n) is 4.50. The predicted molar refractivity (Wildman–Crippen MR) is 101 cm³/mol. The van der Waals surface area contributed by atoms with Gasteiger partial charge in [0.05, 0.1) is 12.7 Å². The van der Waals surface area contributed by atoms with Crippen molar-refractivity contribution in [3.63, 3.8) is 0 Å². The molecule has 2 saturated heterocycles. The second-order valence-electron chi connectivity index (χ2n) is 7.65. The Bertz CT molecular complexity index is 843. The van der Waals surface area contributed by atoms with E-state index in [1.165, 1.54) is 19.2 Å². The maximum atomic E-state index is 13.9. The largest absolute Gasteiger partial charge is 0.497 e. The lowest BCUT2D eigenvalue weighted by molar-refractivity contribution is -0.0539. The van der Waals surface area contributed by atoms with Crippen molar-refractivity contribution in [2.75, 3.05) is 7.11 Å². The average Bonchev–Trinajstić information content (AvgIpc) is 2.98. The lowest BCUT2D eigenvalue weighted by Crippen LogP contribution is -2.52. The number of ether oxygens (including phenoxy) is 2. The molecule has 5 nitrogen and oxygen atoms in total. The second-order valence-corrected chi connectivity index (χ2v) is 7.65. The van der Waals surface area contributed by atoms with Crippen molar-refractivity contribution in [1.82, 2.24) is 4.90 Å². The van der Waals surface area contributed by atoms with E-state index in [1.807, 2.05) is 30.3 Å². The van der Waals surface area contributed by atoms with E-state index < -0.39 is 11.4 Å². The van der Waals surface area contributed by atoms with Crippen molar-refractivity contribution < 1.29 is 23.8 Å². The van der Waals surface area contributed by atoms with E-state index in [-0.39, 0.29) is 24.8 Å². The lowest BCUT2D eigenvalue weighted by Gasteiger charge is -2.43.